The molecule has 0 bridgehead atoms. The molecule has 0 aliphatic rings. The number of aryl methyl sites for hydroxylation is 2. The minimum atomic E-state index is -0.433. The Morgan fingerprint density at radius 3 is 2.18 bits per heavy atom. The Hall–Kier alpha value is -2.26. The number of esters is 1. The maximum absolute atomic E-state index is 11.8. The highest BCUT2D eigenvalue weighted by atomic mass is 35.5. The highest BCUT2D eigenvalue weighted by Gasteiger charge is 2.06. The summed E-state index contributed by atoms with van der Waals surface area (Å²) in [5.74, 6) is 0.826. The van der Waals surface area contributed by atoms with Crippen LogP contribution in [0.5, 0.6) is 11.5 Å². The van der Waals surface area contributed by atoms with E-state index in [0.29, 0.717) is 10.8 Å². The molecule has 0 fully saturated rings. The molecular formula is C18H17ClO3. The Balaban J connectivity index is 2.04. The molecule has 2 aromatic rings. The summed E-state index contributed by atoms with van der Waals surface area (Å²) in [6.45, 7) is 3.75. The summed E-state index contributed by atoms with van der Waals surface area (Å²) < 4.78 is 10.4. The number of carbonyl (C=O) groups is 1. The van der Waals surface area contributed by atoms with Gasteiger partial charge < -0.3 is 9.47 Å². The van der Waals surface area contributed by atoms with Gasteiger partial charge in [0.15, 0.2) is 0 Å². The lowest BCUT2D eigenvalue weighted by Gasteiger charge is -2.07. The molecule has 3 nitrogen and oxygen atoms in total. The molecule has 0 radical (unpaired) electrons. The lowest BCUT2D eigenvalue weighted by atomic mass is 10.1. The Morgan fingerprint density at radius 1 is 1.05 bits per heavy atom. The summed E-state index contributed by atoms with van der Waals surface area (Å²) in [5.41, 5.74) is 2.65. The van der Waals surface area contributed by atoms with E-state index in [-0.39, 0.29) is 0 Å². The van der Waals surface area contributed by atoms with Gasteiger partial charge in [-0.25, -0.2) is 4.79 Å². The van der Waals surface area contributed by atoms with Gasteiger partial charge in [0.1, 0.15) is 11.5 Å². The van der Waals surface area contributed by atoms with Gasteiger partial charge in [-0.15, -0.1) is 0 Å². The molecule has 0 aliphatic heterocycles. The SMILES string of the molecule is COc1ccc(/C=C/C(=O)Oc2cc(C)c(Cl)c(C)c2)cc1. The predicted octanol–water partition coefficient (Wildman–Crippen LogP) is 4.58. The lowest BCUT2D eigenvalue weighted by Crippen LogP contribution is -2.04. The van der Waals surface area contributed by atoms with Crippen molar-refractivity contribution in [2.24, 2.45) is 0 Å². The van der Waals surface area contributed by atoms with Crippen molar-refractivity contribution in [3.05, 3.63) is 64.2 Å². The molecule has 114 valence electrons. The van der Waals surface area contributed by atoms with Gasteiger partial charge in [0, 0.05) is 11.1 Å². The van der Waals surface area contributed by atoms with Gasteiger partial charge in [-0.05, 0) is 60.9 Å². The van der Waals surface area contributed by atoms with Crippen molar-refractivity contribution in [3.63, 3.8) is 0 Å². The number of halogens is 1. The normalized spacial score (nSPS) is 10.7. The highest BCUT2D eigenvalue weighted by molar-refractivity contribution is 6.32. The summed E-state index contributed by atoms with van der Waals surface area (Å²) in [6.07, 6.45) is 3.08. The van der Waals surface area contributed by atoms with Crippen molar-refractivity contribution in [1.82, 2.24) is 0 Å². The van der Waals surface area contributed by atoms with Gasteiger partial charge in [0.2, 0.25) is 0 Å². The minimum Gasteiger partial charge on any atom is -0.497 e. The first-order valence-corrected chi connectivity index (χ1v) is 7.18. The van der Waals surface area contributed by atoms with Crippen LogP contribution in [0.3, 0.4) is 0 Å². The van der Waals surface area contributed by atoms with Crippen molar-refractivity contribution in [1.29, 1.82) is 0 Å². The third-order valence-corrected chi connectivity index (χ3v) is 3.75. The first-order valence-electron chi connectivity index (χ1n) is 6.80. The monoisotopic (exact) mass is 316 g/mol. The molecule has 4 heteroatoms. The average molecular weight is 317 g/mol. The summed E-state index contributed by atoms with van der Waals surface area (Å²) in [6, 6.07) is 10.9. The zero-order chi connectivity index (χ0) is 16.1. The Bertz CT molecular complexity index is 680. The van der Waals surface area contributed by atoms with E-state index in [2.05, 4.69) is 0 Å². The van der Waals surface area contributed by atoms with Crippen molar-refractivity contribution >= 4 is 23.6 Å². The number of hydrogen-bond acceptors (Lipinski definition) is 3. The van der Waals surface area contributed by atoms with E-state index in [1.807, 2.05) is 38.1 Å². The lowest BCUT2D eigenvalue weighted by molar-refractivity contribution is -0.128. The van der Waals surface area contributed by atoms with Crippen LogP contribution in [0.4, 0.5) is 0 Å². The summed E-state index contributed by atoms with van der Waals surface area (Å²) in [7, 11) is 1.61. The fourth-order valence-electron chi connectivity index (χ4n) is 1.99. The molecule has 0 unspecified atom stereocenters. The van der Waals surface area contributed by atoms with Crippen molar-refractivity contribution in [2.75, 3.05) is 7.11 Å². The van der Waals surface area contributed by atoms with E-state index in [0.717, 1.165) is 22.4 Å². The van der Waals surface area contributed by atoms with E-state index in [1.165, 1.54) is 6.08 Å². The van der Waals surface area contributed by atoms with E-state index >= 15 is 0 Å². The largest absolute Gasteiger partial charge is 0.497 e. The van der Waals surface area contributed by atoms with Crippen LogP contribution in [0.15, 0.2) is 42.5 Å². The molecule has 0 amide bonds. The molecule has 0 aliphatic carbocycles. The molecule has 0 saturated heterocycles. The molecular weight excluding hydrogens is 300 g/mol. The first kappa shape index (κ1) is 16.1. The maximum atomic E-state index is 11.8. The molecule has 0 aromatic heterocycles. The van der Waals surface area contributed by atoms with E-state index in [9.17, 15) is 4.79 Å². The van der Waals surface area contributed by atoms with Crippen LogP contribution in [-0.2, 0) is 4.79 Å². The first-order chi connectivity index (χ1) is 10.5. The molecule has 2 rings (SSSR count). The van der Waals surface area contributed by atoms with Crippen LogP contribution in [0.25, 0.3) is 6.08 Å². The third kappa shape index (κ3) is 4.12. The number of carbonyl (C=O) groups excluding carboxylic acids is 1. The number of benzene rings is 2. The van der Waals surface area contributed by atoms with Crippen LogP contribution < -0.4 is 9.47 Å². The maximum Gasteiger partial charge on any atom is 0.336 e. The zero-order valence-electron chi connectivity index (χ0n) is 12.7. The number of ether oxygens (including phenoxy) is 2. The molecule has 0 atom stereocenters. The fraction of sp³-hybridized carbons (Fsp3) is 0.167. The molecule has 0 N–H and O–H groups in total. The van der Waals surface area contributed by atoms with Crippen molar-refractivity contribution in [3.8, 4) is 11.5 Å². The fourth-order valence-corrected chi connectivity index (χ4v) is 2.10. The second-order valence-electron chi connectivity index (χ2n) is 4.90. The predicted molar refractivity (Wildman–Crippen MR) is 88.6 cm³/mol. The number of hydrogen-bond donors (Lipinski definition) is 0. The second-order valence-corrected chi connectivity index (χ2v) is 5.28. The smallest absolute Gasteiger partial charge is 0.336 e. The van der Waals surface area contributed by atoms with Gasteiger partial charge in [-0.2, -0.15) is 0 Å². The quantitative estimate of drug-likeness (QED) is 0.470. The number of rotatable bonds is 4. The summed E-state index contributed by atoms with van der Waals surface area (Å²) in [4.78, 5) is 11.8. The Morgan fingerprint density at radius 2 is 1.64 bits per heavy atom. The second kappa shape index (κ2) is 7.14. The third-order valence-electron chi connectivity index (χ3n) is 3.16. The molecule has 22 heavy (non-hydrogen) atoms. The Labute approximate surface area is 135 Å². The number of methoxy groups -OCH3 is 1. The molecule has 0 spiro atoms. The molecule has 0 heterocycles. The van der Waals surface area contributed by atoms with Crippen LogP contribution in [0.2, 0.25) is 5.02 Å². The van der Waals surface area contributed by atoms with Gasteiger partial charge in [-0.3, -0.25) is 0 Å². The van der Waals surface area contributed by atoms with E-state index < -0.39 is 5.97 Å². The van der Waals surface area contributed by atoms with Gasteiger partial charge in [-0.1, -0.05) is 23.7 Å². The van der Waals surface area contributed by atoms with Crippen molar-refractivity contribution in [2.45, 2.75) is 13.8 Å². The summed E-state index contributed by atoms with van der Waals surface area (Å²) >= 11 is 6.09. The van der Waals surface area contributed by atoms with Crippen LogP contribution in [-0.4, -0.2) is 13.1 Å². The highest BCUT2D eigenvalue weighted by Crippen LogP contribution is 2.26. The van der Waals surface area contributed by atoms with E-state index in [4.69, 9.17) is 21.1 Å². The van der Waals surface area contributed by atoms with Crippen molar-refractivity contribution < 1.29 is 14.3 Å². The van der Waals surface area contributed by atoms with Crippen LogP contribution in [0, 0.1) is 13.8 Å². The van der Waals surface area contributed by atoms with Crippen LogP contribution in [0.1, 0.15) is 16.7 Å². The van der Waals surface area contributed by atoms with E-state index in [1.54, 1.807) is 25.3 Å². The van der Waals surface area contributed by atoms with Crippen LogP contribution >= 0.6 is 11.6 Å². The average Bonchev–Trinajstić information content (AvgIpc) is 2.51. The molecule has 0 saturated carbocycles. The summed E-state index contributed by atoms with van der Waals surface area (Å²) in [5, 5.41) is 0.688. The zero-order valence-corrected chi connectivity index (χ0v) is 13.5. The minimum absolute atomic E-state index is 0.433. The standard InChI is InChI=1S/C18H17ClO3/c1-12-10-16(11-13(2)18(12)19)22-17(20)9-6-14-4-7-15(21-3)8-5-14/h4-11H,1-3H3/b9-6+. The van der Waals surface area contributed by atoms with Gasteiger partial charge in [0.25, 0.3) is 0 Å². The topological polar surface area (TPSA) is 35.5 Å². The van der Waals surface area contributed by atoms with Gasteiger partial charge in [0.05, 0.1) is 7.11 Å². The van der Waals surface area contributed by atoms with Gasteiger partial charge >= 0.3 is 5.97 Å². The molecule has 2 aromatic carbocycles. The Kier molecular flexibility index (Phi) is 5.23.